The summed E-state index contributed by atoms with van der Waals surface area (Å²) in [5.41, 5.74) is 1.92. The molecule has 2 aliphatic rings. The lowest BCUT2D eigenvalue weighted by molar-refractivity contribution is -0.143. The van der Waals surface area contributed by atoms with E-state index in [-0.39, 0.29) is 19.6 Å². The number of rotatable bonds is 7. The van der Waals surface area contributed by atoms with Gasteiger partial charge in [0, 0.05) is 56.5 Å². The maximum atomic E-state index is 12.8. The van der Waals surface area contributed by atoms with Gasteiger partial charge in [-0.15, -0.1) is 0 Å². The van der Waals surface area contributed by atoms with E-state index in [1.165, 1.54) is 4.90 Å². The SMILES string of the molecule is Cc1ccc(NC(=O)N2CCC(CC(F)(F)F)C2)cc1-c1cc(NCC(C)(C)O)nc(N2CCOCC2)n1. The fourth-order valence-electron chi connectivity index (χ4n) is 4.56. The molecular weight excluding hydrogens is 501 g/mol. The van der Waals surface area contributed by atoms with Crippen LogP contribution < -0.4 is 15.5 Å². The quantitative estimate of drug-likeness (QED) is 0.486. The number of hydrogen-bond acceptors (Lipinski definition) is 7. The highest BCUT2D eigenvalue weighted by atomic mass is 19.4. The fraction of sp³-hybridized carbons (Fsp3) is 0.577. The molecule has 2 aliphatic heterocycles. The number of benzene rings is 1. The van der Waals surface area contributed by atoms with Gasteiger partial charge in [0.2, 0.25) is 5.95 Å². The van der Waals surface area contributed by atoms with Crippen LogP contribution in [0.15, 0.2) is 24.3 Å². The Kier molecular flexibility index (Phi) is 8.31. The summed E-state index contributed by atoms with van der Waals surface area (Å²) < 4.78 is 43.7. The molecule has 9 nitrogen and oxygen atoms in total. The number of alkyl halides is 3. The lowest BCUT2D eigenvalue weighted by Gasteiger charge is -2.28. The first-order chi connectivity index (χ1) is 17.9. The Bertz CT molecular complexity index is 1130. The van der Waals surface area contributed by atoms with E-state index in [2.05, 4.69) is 15.6 Å². The molecule has 0 aliphatic carbocycles. The van der Waals surface area contributed by atoms with Crippen molar-refractivity contribution in [2.24, 2.45) is 5.92 Å². The lowest BCUT2D eigenvalue weighted by atomic mass is 10.0. The van der Waals surface area contributed by atoms with Gasteiger partial charge in [-0.2, -0.15) is 18.2 Å². The van der Waals surface area contributed by atoms with E-state index in [1.807, 2.05) is 24.0 Å². The van der Waals surface area contributed by atoms with E-state index in [0.29, 0.717) is 55.9 Å². The van der Waals surface area contributed by atoms with E-state index < -0.39 is 30.1 Å². The van der Waals surface area contributed by atoms with Crippen LogP contribution in [0.4, 0.5) is 35.4 Å². The summed E-state index contributed by atoms with van der Waals surface area (Å²) in [5.74, 6) is 0.509. The third-order valence-electron chi connectivity index (χ3n) is 6.57. The van der Waals surface area contributed by atoms with Gasteiger partial charge < -0.3 is 30.3 Å². The smallest absolute Gasteiger partial charge is 0.389 e. The minimum absolute atomic E-state index is 0.0785. The zero-order valence-corrected chi connectivity index (χ0v) is 21.9. The molecule has 0 radical (unpaired) electrons. The van der Waals surface area contributed by atoms with E-state index in [4.69, 9.17) is 9.72 Å². The van der Waals surface area contributed by atoms with Crippen molar-refractivity contribution in [2.45, 2.75) is 45.4 Å². The Morgan fingerprint density at radius 1 is 1.16 bits per heavy atom. The summed E-state index contributed by atoms with van der Waals surface area (Å²) in [5, 5.41) is 16.2. The topological polar surface area (TPSA) is 103 Å². The van der Waals surface area contributed by atoms with Crippen LogP contribution in [0.3, 0.4) is 0 Å². The predicted octanol–water partition coefficient (Wildman–Crippen LogP) is 4.28. The van der Waals surface area contributed by atoms with Crippen LogP contribution in [0.2, 0.25) is 0 Å². The minimum Gasteiger partial charge on any atom is -0.389 e. The van der Waals surface area contributed by atoms with Gasteiger partial charge >= 0.3 is 12.2 Å². The van der Waals surface area contributed by atoms with Crippen molar-refractivity contribution in [2.75, 3.05) is 61.5 Å². The van der Waals surface area contributed by atoms with E-state index in [1.54, 1.807) is 26.0 Å². The number of aromatic nitrogens is 2. The number of urea groups is 1. The Labute approximate surface area is 220 Å². The van der Waals surface area contributed by atoms with Crippen LogP contribution in [0.1, 0.15) is 32.3 Å². The molecule has 12 heteroatoms. The van der Waals surface area contributed by atoms with E-state index >= 15 is 0 Å². The Balaban J connectivity index is 1.55. The van der Waals surface area contributed by atoms with Gasteiger partial charge in [-0.05, 0) is 50.8 Å². The standard InChI is InChI=1S/C26H35F3N6O3/c1-17-4-5-19(31-24(36)35-7-6-18(15-35)14-26(27,28)29)12-20(17)21-13-22(30-16-25(2,3)37)33-23(32-21)34-8-10-38-11-9-34/h4-5,12-13,18,37H,6-11,14-16H2,1-3H3,(H,31,36)(H,30,32,33). The van der Waals surface area contributed by atoms with Crippen molar-refractivity contribution in [1.82, 2.24) is 14.9 Å². The van der Waals surface area contributed by atoms with Gasteiger partial charge in [-0.25, -0.2) is 9.78 Å². The maximum Gasteiger partial charge on any atom is 0.389 e. The van der Waals surface area contributed by atoms with Crippen LogP contribution in [0.25, 0.3) is 11.3 Å². The number of amides is 2. The third-order valence-corrected chi connectivity index (χ3v) is 6.57. The van der Waals surface area contributed by atoms with Crippen molar-refractivity contribution >= 4 is 23.5 Å². The highest BCUT2D eigenvalue weighted by Crippen LogP contribution is 2.32. The Morgan fingerprint density at radius 3 is 2.58 bits per heavy atom. The monoisotopic (exact) mass is 536 g/mol. The first-order valence-electron chi connectivity index (χ1n) is 12.8. The molecule has 4 rings (SSSR count). The second-order valence-corrected chi connectivity index (χ2v) is 10.6. The average molecular weight is 537 g/mol. The second-order valence-electron chi connectivity index (χ2n) is 10.6. The van der Waals surface area contributed by atoms with Gasteiger partial charge in [-0.3, -0.25) is 0 Å². The molecule has 3 heterocycles. The summed E-state index contributed by atoms with van der Waals surface area (Å²) >= 11 is 0. The number of carbonyl (C=O) groups is 1. The largest absolute Gasteiger partial charge is 0.389 e. The molecule has 0 saturated carbocycles. The van der Waals surface area contributed by atoms with Gasteiger partial charge in [0.1, 0.15) is 5.82 Å². The number of nitrogens with one attached hydrogen (secondary N) is 2. The second kappa shape index (κ2) is 11.3. The molecule has 3 N–H and O–H groups in total. The summed E-state index contributed by atoms with van der Waals surface area (Å²) in [6, 6.07) is 6.81. The molecule has 1 aromatic carbocycles. The van der Waals surface area contributed by atoms with E-state index in [0.717, 1.165) is 11.1 Å². The highest BCUT2D eigenvalue weighted by molar-refractivity contribution is 5.90. The van der Waals surface area contributed by atoms with Crippen LogP contribution in [0.5, 0.6) is 0 Å². The summed E-state index contributed by atoms with van der Waals surface area (Å²) in [6.07, 6.45) is -4.78. The maximum absolute atomic E-state index is 12.8. The number of halogens is 3. The zero-order chi connectivity index (χ0) is 27.5. The molecule has 38 heavy (non-hydrogen) atoms. The van der Waals surface area contributed by atoms with Crippen LogP contribution in [-0.2, 0) is 4.74 Å². The van der Waals surface area contributed by atoms with Crippen molar-refractivity contribution in [3.8, 4) is 11.3 Å². The molecule has 2 aromatic rings. The number of ether oxygens (including phenoxy) is 1. The molecule has 2 amide bonds. The van der Waals surface area contributed by atoms with Gasteiger partial charge in [0.05, 0.1) is 24.5 Å². The summed E-state index contributed by atoms with van der Waals surface area (Å²) in [4.78, 5) is 25.7. The van der Waals surface area contributed by atoms with Crippen molar-refractivity contribution in [3.63, 3.8) is 0 Å². The Hall–Kier alpha value is -3.12. The van der Waals surface area contributed by atoms with E-state index in [9.17, 15) is 23.1 Å². The summed E-state index contributed by atoms with van der Waals surface area (Å²) in [7, 11) is 0. The lowest BCUT2D eigenvalue weighted by Crippen LogP contribution is -2.37. The molecule has 2 saturated heterocycles. The number of morpholine rings is 1. The van der Waals surface area contributed by atoms with Crippen LogP contribution >= 0.6 is 0 Å². The average Bonchev–Trinajstić information content (AvgIpc) is 3.31. The van der Waals surface area contributed by atoms with Crippen molar-refractivity contribution in [3.05, 3.63) is 29.8 Å². The Morgan fingerprint density at radius 2 is 1.89 bits per heavy atom. The number of aliphatic hydroxyl groups is 1. The van der Waals surface area contributed by atoms with Gasteiger partial charge in [0.25, 0.3) is 0 Å². The van der Waals surface area contributed by atoms with Crippen LogP contribution in [-0.4, -0.2) is 83.7 Å². The first kappa shape index (κ1) is 27.9. The highest BCUT2D eigenvalue weighted by Gasteiger charge is 2.36. The molecule has 1 aromatic heterocycles. The number of hydrogen-bond donors (Lipinski definition) is 3. The molecule has 0 spiro atoms. The first-order valence-corrected chi connectivity index (χ1v) is 12.8. The molecule has 0 bridgehead atoms. The zero-order valence-electron chi connectivity index (χ0n) is 21.9. The molecule has 1 atom stereocenters. The molecular formula is C26H35F3N6O3. The molecule has 1 unspecified atom stereocenters. The summed E-state index contributed by atoms with van der Waals surface area (Å²) in [6.45, 7) is 8.42. The predicted molar refractivity (Wildman–Crippen MR) is 139 cm³/mol. The number of anilines is 3. The van der Waals surface area contributed by atoms with Gasteiger partial charge in [0.15, 0.2) is 0 Å². The van der Waals surface area contributed by atoms with Gasteiger partial charge in [-0.1, -0.05) is 6.07 Å². The van der Waals surface area contributed by atoms with Crippen molar-refractivity contribution < 1.29 is 27.8 Å². The fourth-order valence-corrected chi connectivity index (χ4v) is 4.56. The van der Waals surface area contributed by atoms with Crippen LogP contribution in [0, 0.1) is 12.8 Å². The third kappa shape index (κ3) is 7.70. The number of carbonyl (C=O) groups excluding carboxylic acids is 1. The van der Waals surface area contributed by atoms with Crippen molar-refractivity contribution in [1.29, 1.82) is 0 Å². The number of aryl methyl sites for hydroxylation is 1. The number of nitrogens with zero attached hydrogens (tertiary/aromatic N) is 4. The molecule has 208 valence electrons. The normalized spacial score (nSPS) is 18.6. The molecule has 2 fully saturated rings. The number of likely N-dealkylation sites (tertiary alicyclic amines) is 1. The minimum atomic E-state index is -4.23.